The van der Waals surface area contributed by atoms with Gasteiger partial charge in [-0.05, 0) is 19.1 Å². The summed E-state index contributed by atoms with van der Waals surface area (Å²) in [5.41, 5.74) is 10.9. The number of hydrogen-bond donors (Lipinski definition) is 3. The van der Waals surface area contributed by atoms with E-state index in [1.54, 1.807) is 4.68 Å². The van der Waals surface area contributed by atoms with Crippen molar-refractivity contribution in [2.45, 2.75) is 6.92 Å². The summed E-state index contributed by atoms with van der Waals surface area (Å²) in [6, 6.07) is 9.59. The lowest BCUT2D eigenvalue weighted by molar-refractivity contribution is 0.0956. The van der Waals surface area contributed by atoms with Crippen LogP contribution in [0, 0.1) is 6.92 Å². The van der Waals surface area contributed by atoms with Crippen LogP contribution in [0.5, 0.6) is 0 Å². The number of para-hydroxylation sites is 1. The van der Waals surface area contributed by atoms with Crippen molar-refractivity contribution in [3.8, 4) is 5.69 Å². The zero-order chi connectivity index (χ0) is 14.3. The average Bonchev–Trinajstić information content (AvgIpc) is 2.96. The van der Waals surface area contributed by atoms with E-state index >= 15 is 0 Å². The molecule has 0 atom stereocenters. The Morgan fingerprint density at radius 3 is 2.70 bits per heavy atom. The summed E-state index contributed by atoms with van der Waals surface area (Å²) in [6.07, 6.45) is 0. The first-order valence-electron chi connectivity index (χ1n) is 5.97. The SMILES string of the molecule is Cc1nn(-c2ccccc2)c2c(C(=O)NN)c(N)sc12. The Morgan fingerprint density at radius 1 is 1.35 bits per heavy atom. The number of nitrogen functional groups attached to an aromatic ring is 2. The third-order valence-corrected chi connectivity index (χ3v) is 4.18. The van der Waals surface area contributed by atoms with Gasteiger partial charge in [0.15, 0.2) is 0 Å². The van der Waals surface area contributed by atoms with Crippen LogP contribution in [0.4, 0.5) is 5.00 Å². The second-order valence-electron chi connectivity index (χ2n) is 4.33. The van der Waals surface area contributed by atoms with E-state index in [1.807, 2.05) is 37.3 Å². The number of hydrogen-bond acceptors (Lipinski definition) is 5. The number of nitrogens with one attached hydrogen (secondary N) is 1. The third-order valence-electron chi connectivity index (χ3n) is 3.06. The molecule has 0 aliphatic heterocycles. The number of nitrogens with two attached hydrogens (primary N) is 2. The number of hydrazine groups is 1. The van der Waals surface area contributed by atoms with Crippen molar-refractivity contribution in [1.82, 2.24) is 15.2 Å². The van der Waals surface area contributed by atoms with Gasteiger partial charge in [0.25, 0.3) is 5.91 Å². The largest absolute Gasteiger partial charge is 0.390 e. The predicted molar refractivity (Wildman–Crippen MR) is 79.8 cm³/mol. The van der Waals surface area contributed by atoms with E-state index in [0.29, 0.717) is 16.1 Å². The number of thiophene rings is 1. The Bertz CT molecular complexity index is 790. The molecule has 3 rings (SSSR count). The lowest BCUT2D eigenvalue weighted by Crippen LogP contribution is -2.30. The van der Waals surface area contributed by atoms with Crippen LogP contribution in [-0.4, -0.2) is 15.7 Å². The molecule has 0 aliphatic carbocycles. The molecule has 0 aliphatic rings. The van der Waals surface area contributed by atoms with Gasteiger partial charge in [0.1, 0.15) is 16.1 Å². The molecular weight excluding hydrogens is 274 g/mol. The molecule has 102 valence electrons. The number of aromatic nitrogens is 2. The van der Waals surface area contributed by atoms with Gasteiger partial charge in [-0.3, -0.25) is 10.2 Å². The third kappa shape index (κ3) is 1.75. The number of anilines is 1. The first-order chi connectivity index (χ1) is 9.63. The fourth-order valence-electron chi connectivity index (χ4n) is 2.18. The van der Waals surface area contributed by atoms with E-state index < -0.39 is 5.91 Å². The molecule has 6 nitrogen and oxygen atoms in total. The standard InChI is InChI=1S/C13H13N5OS/c1-7-11-10(9(12(14)20-11)13(19)16-15)18(17-7)8-5-3-2-4-6-8/h2-6H,14-15H2,1H3,(H,16,19). The maximum Gasteiger partial charge on any atom is 0.270 e. The van der Waals surface area contributed by atoms with Crippen LogP contribution in [0.2, 0.25) is 0 Å². The summed E-state index contributed by atoms with van der Waals surface area (Å²) in [7, 11) is 0. The van der Waals surface area contributed by atoms with Gasteiger partial charge in [-0.15, -0.1) is 11.3 Å². The quantitative estimate of drug-likeness (QED) is 0.378. The Morgan fingerprint density at radius 2 is 2.05 bits per heavy atom. The molecule has 7 heteroatoms. The Labute approximate surface area is 119 Å². The van der Waals surface area contributed by atoms with Gasteiger partial charge in [0.2, 0.25) is 0 Å². The molecule has 20 heavy (non-hydrogen) atoms. The fraction of sp³-hybridized carbons (Fsp3) is 0.0769. The van der Waals surface area contributed by atoms with E-state index in [-0.39, 0.29) is 0 Å². The second-order valence-corrected chi connectivity index (χ2v) is 5.38. The molecule has 2 aromatic heterocycles. The molecule has 0 saturated carbocycles. The Kier molecular flexibility index (Phi) is 2.92. The highest BCUT2D eigenvalue weighted by Crippen LogP contribution is 2.36. The van der Waals surface area contributed by atoms with Crippen LogP contribution in [0.1, 0.15) is 16.1 Å². The van der Waals surface area contributed by atoms with Gasteiger partial charge in [0, 0.05) is 0 Å². The highest BCUT2D eigenvalue weighted by Gasteiger charge is 2.23. The second kappa shape index (κ2) is 4.62. The highest BCUT2D eigenvalue weighted by atomic mass is 32.1. The smallest absolute Gasteiger partial charge is 0.270 e. The molecule has 1 amide bonds. The molecule has 0 unspecified atom stereocenters. The van der Waals surface area contributed by atoms with Crippen LogP contribution in [0.15, 0.2) is 30.3 Å². The van der Waals surface area contributed by atoms with E-state index in [9.17, 15) is 4.79 Å². The van der Waals surface area contributed by atoms with Crippen LogP contribution < -0.4 is 17.0 Å². The van der Waals surface area contributed by atoms with Crippen LogP contribution in [-0.2, 0) is 0 Å². The van der Waals surface area contributed by atoms with Crippen LogP contribution in [0.3, 0.4) is 0 Å². The number of amides is 1. The number of fused-ring (bicyclic) bond motifs is 1. The summed E-state index contributed by atoms with van der Waals surface area (Å²) >= 11 is 1.34. The topological polar surface area (TPSA) is 99.0 Å². The molecule has 3 aromatic rings. The lowest BCUT2D eigenvalue weighted by Gasteiger charge is -2.05. The molecule has 5 N–H and O–H groups in total. The van der Waals surface area contributed by atoms with Gasteiger partial charge in [0.05, 0.1) is 16.1 Å². The minimum atomic E-state index is -0.411. The Balaban J connectivity index is 2.36. The minimum absolute atomic E-state index is 0.372. The molecular formula is C13H13N5OS. The van der Waals surface area contributed by atoms with Crippen molar-refractivity contribution in [1.29, 1.82) is 0 Å². The van der Waals surface area contributed by atoms with Crippen molar-refractivity contribution in [2.75, 3.05) is 5.73 Å². The van der Waals surface area contributed by atoms with Gasteiger partial charge in [-0.2, -0.15) is 5.10 Å². The molecule has 0 bridgehead atoms. The highest BCUT2D eigenvalue weighted by molar-refractivity contribution is 7.23. The van der Waals surface area contributed by atoms with Gasteiger partial charge in [-0.1, -0.05) is 18.2 Å². The van der Waals surface area contributed by atoms with Crippen LogP contribution >= 0.6 is 11.3 Å². The van der Waals surface area contributed by atoms with Crippen molar-refractivity contribution in [2.24, 2.45) is 5.84 Å². The molecule has 2 heterocycles. The maximum absolute atomic E-state index is 12.0. The summed E-state index contributed by atoms with van der Waals surface area (Å²) < 4.78 is 2.62. The first kappa shape index (κ1) is 12.6. The molecule has 0 radical (unpaired) electrons. The van der Waals surface area contributed by atoms with Crippen molar-refractivity contribution < 1.29 is 4.79 Å². The summed E-state index contributed by atoms with van der Waals surface area (Å²) in [6.45, 7) is 1.89. The fourth-order valence-corrected chi connectivity index (χ4v) is 3.16. The number of carbonyl (C=O) groups excluding carboxylic acids is 1. The van der Waals surface area contributed by atoms with Crippen LogP contribution in [0.25, 0.3) is 15.9 Å². The zero-order valence-electron chi connectivity index (χ0n) is 10.8. The summed E-state index contributed by atoms with van der Waals surface area (Å²) in [5.74, 6) is 4.83. The monoisotopic (exact) mass is 287 g/mol. The number of carbonyl (C=O) groups is 1. The maximum atomic E-state index is 12.0. The molecule has 0 spiro atoms. The molecule has 1 aromatic carbocycles. The van der Waals surface area contributed by atoms with E-state index in [1.165, 1.54) is 11.3 Å². The molecule has 0 fully saturated rings. The minimum Gasteiger partial charge on any atom is -0.390 e. The van der Waals surface area contributed by atoms with Gasteiger partial charge in [-0.25, -0.2) is 10.5 Å². The van der Waals surface area contributed by atoms with Gasteiger partial charge < -0.3 is 5.73 Å². The van der Waals surface area contributed by atoms with Crippen molar-refractivity contribution >= 4 is 32.5 Å². The van der Waals surface area contributed by atoms with E-state index in [2.05, 4.69) is 10.5 Å². The normalized spacial score (nSPS) is 10.9. The first-order valence-corrected chi connectivity index (χ1v) is 6.79. The number of aryl methyl sites for hydroxylation is 1. The summed E-state index contributed by atoms with van der Waals surface area (Å²) in [4.78, 5) is 12.0. The lowest BCUT2D eigenvalue weighted by atomic mass is 10.2. The average molecular weight is 287 g/mol. The van der Waals surface area contributed by atoms with Gasteiger partial charge >= 0.3 is 0 Å². The zero-order valence-corrected chi connectivity index (χ0v) is 11.6. The summed E-state index contributed by atoms with van der Waals surface area (Å²) in [5, 5.41) is 4.93. The Hall–Kier alpha value is -2.38. The number of benzene rings is 1. The molecule has 0 saturated heterocycles. The number of rotatable bonds is 2. The number of nitrogens with zero attached hydrogens (tertiary/aromatic N) is 2. The van der Waals surface area contributed by atoms with Crippen molar-refractivity contribution in [3.05, 3.63) is 41.6 Å². The van der Waals surface area contributed by atoms with E-state index in [0.717, 1.165) is 16.1 Å². The van der Waals surface area contributed by atoms with Crippen molar-refractivity contribution in [3.63, 3.8) is 0 Å². The van der Waals surface area contributed by atoms with E-state index in [4.69, 9.17) is 11.6 Å². The predicted octanol–water partition coefficient (Wildman–Crippen LogP) is 1.58.